The largest absolute Gasteiger partial charge is 0.459 e. The molecule has 0 aliphatic rings. The average Bonchev–Trinajstić information content (AvgIpc) is 3.11. The van der Waals surface area contributed by atoms with Crippen molar-refractivity contribution in [3.63, 3.8) is 0 Å². The van der Waals surface area contributed by atoms with Crippen molar-refractivity contribution in [2.24, 2.45) is 0 Å². The summed E-state index contributed by atoms with van der Waals surface area (Å²) in [5.74, 6) is 1.63. The second-order valence-electron chi connectivity index (χ2n) is 4.73. The van der Waals surface area contributed by atoms with Gasteiger partial charge < -0.3 is 9.73 Å². The molecule has 2 heterocycles. The number of aromatic amines is 1. The van der Waals surface area contributed by atoms with E-state index < -0.39 is 0 Å². The Morgan fingerprint density at radius 2 is 2.20 bits per heavy atom. The molecule has 1 unspecified atom stereocenters. The van der Waals surface area contributed by atoms with Crippen LogP contribution in [-0.4, -0.2) is 20.6 Å². The number of aryl methyl sites for hydroxylation is 1. The minimum atomic E-state index is 0.0934. The summed E-state index contributed by atoms with van der Waals surface area (Å²) in [5, 5.41) is 18.4. The highest BCUT2D eigenvalue weighted by atomic mass is 16.3. The zero-order chi connectivity index (χ0) is 13.9. The van der Waals surface area contributed by atoms with Crippen LogP contribution in [0, 0.1) is 0 Å². The van der Waals surface area contributed by atoms with Gasteiger partial charge in [-0.3, -0.25) is 0 Å². The van der Waals surface area contributed by atoms with Gasteiger partial charge in [-0.05, 0) is 19.4 Å². The highest BCUT2D eigenvalue weighted by molar-refractivity contribution is 5.82. The van der Waals surface area contributed by atoms with E-state index in [2.05, 4.69) is 45.9 Å². The minimum Gasteiger partial charge on any atom is -0.459 e. The monoisotopic (exact) mass is 271 g/mol. The lowest BCUT2D eigenvalue weighted by atomic mass is 10.1. The number of aromatic nitrogens is 4. The van der Waals surface area contributed by atoms with Gasteiger partial charge in [-0.2, -0.15) is 5.21 Å². The Hall–Kier alpha value is -2.21. The fraction of sp³-hybridized carbons (Fsp3) is 0.357. The number of H-pyrrole nitrogens is 1. The van der Waals surface area contributed by atoms with Crippen molar-refractivity contribution in [3.05, 3.63) is 41.4 Å². The summed E-state index contributed by atoms with van der Waals surface area (Å²) < 4.78 is 6.00. The molecule has 0 amide bonds. The van der Waals surface area contributed by atoms with E-state index in [1.54, 1.807) is 0 Å². The molecule has 2 aromatic heterocycles. The lowest BCUT2D eigenvalue weighted by Gasteiger charge is -2.11. The van der Waals surface area contributed by atoms with Gasteiger partial charge >= 0.3 is 0 Å². The van der Waals surface area contributed by atoms with E-state index in [1.165, 1.54) is 10.9 Å². The van der Waals surface area contributed by atoms with Gasteiger partial charge in [0.05, 0.1) is 12.6 Å². The first kappa shape index (κ1) is 12.8. The molecule has 6 nitrogen and oxygen atoms in total. The molecule has 1 aromatic carbocycles. The number of nitrogens with one attached hydrogen (secondary N) is 2. The third-order valence-electron chi connectivity index (χ3n) is 3.43. The Kier molecular flexibility index (Phi) is 3.47. The minimum absolute atomic E-state index is 0.0934. The normalized spacial score (nSPS) is 12.9. The van der Waals surface area contributed by atoms with Gasteiger partial charge in [0.2, 0.25) is 0 Å². The molecule has 20 heavy (non-hydrogen) atoms. The number of hydrogen-bond acceptors (Lipinski definition) is 5. The van der Waals surface area contributed by atoms with Gasteiger partial charge in [-0.15, -0.1) is 10.2 Å². The van der Waals surface area contributed by atoms with Gasteiger partial charge in [0.1, 0.15) is 11.3 Å². The van der Waals surface area contributed by atoms with Crippen LogP contribution in [0.1, 0.15) is 37.0 Å². The summed E-state index contributed by atoms with van der Waals surface area (Å²) in [4.78, 5) is 0. The van der Waals surface area contributed by atoms with E-state index in [-0.39, 0.29) is 6.04 Å². The van der Waals surface area contributed by atoms with Crippen molar-refractivity contribution >= 4 is 11.0 Å². The van der Waals surface area contributed by atoms with Gasteiger partial charge in [-0.25, -0.2) is 0 Å². The van der Waals surface area contributed by atoms with Crippen LogP contribution in [0.25, 0.3) is 11.0 Å². The molecule has 0 radical (unpaired) electrons. The number of para-hydroxylation sites is 1. The van der Waals surface area contributed by atoms with Crippen molar-refractivity contribution in [1.29, 1.82) is 0 Å². The predicted octanol–water partition coefficient (Wildman–Crippen LogP) is 2.36. The Balaban J connectivity index is 1.85. The number of fused-ring (bicyclic) bond motifs is 1. The second-order valence-corrected chi connectivity index (χ2v) is 4.73. The Bertz CT molecular complexity index is 689. The highest BCUT2D eigenvalue weighted by Crippen LogP contribution is 2.30. The van der Waals surface area contributed by atoms with Crippen molar-refractivity contribution in [3.8, 4) is 0 Å². The lowest BCUT2D eigenvalue weighted by molar-refractivity contribution is 0.442. The lowest BCUT2D eigenvalue weighted by Crippen LogP contribution is -2.19. The number of rotatable bonds is 5. The molecule has 3 aromatic rings. The van der Waals surface area contributed by atoms with Gasteiger partial charge in [0, 0.05) is 10.9 Å². The molecule has 0 aliphatic heterocycles. The van der Waals surface area contributed by atoms with Gasteiger partial charge in [0.25, 0.3) is 0 Å². The fourth-order valence-corrected chi connectivity index (χ4v) is 2.43. The molecule has 0 saturated carbocycles. The van der Waals surface area contributed by atoms with E-state index in [9.17, 15) is 0 Å². The molecule has 0 fully saturated rings. The maximum atomic E-state index is 6.00. The predicted molar refractivity (Wildman–Crippen MR) is 75.0 cm³/mol. The van der Waals surface area contributed by atoms with E-state index in [0.717, 1.165) is 17.8 Å². The zero-order valence-corrected chi connectivity index (χ0v) is 11.6. The van der Waals surface area contributed by atoms with Crippen molar-refractivity contribution < 1.29 is 4.42 Å². The maximum absolute atomic E-state index is 6.00. The number of nitrogens with zero attached hydrogens (tertiary/aromatic N) is 3. The zero-order valence-electron chi connectivity index (χ0n) is 11.6. The van der Waals surface area contributed by atoms with E-state index in [4.69, 9.17) is 4.42 Å². The standard InChI is InChI=1S/C14H17N5O/c1-3-10-11-6-4-5-7-12(11)20-14(10)9(2)15-8-13-16-18-19-17-13/h4-7,9,15H,3,8H2,1-2H3,(H,16,17,18,19). The number of hydrogen-bond donors (Lipinski definition) is 2. The first-order valence-corrected chi connectivity index (χ1v) is 6.75. The Morgan fingerprint density at radius 1 is 1.35 bits per heavy atom. The SMILES string of the molecule is CCc1c(C(C)NCc2nn[nH]n2)oc2ccccc12. The van der Waals surface area contributed by atoms with Crippen LogP contribution < -0.4 is 5.32 Å². The molecule has 104 valence electrons. The summed E-state index contributed by atoms with van der Waals surface area (Å²) >= 11 is 0. The quantitative estimate of drug-likeness (QED) is 0.744. The third-order valence-corrected chi connectivity index (χ3v) is 3.43. The summed E-state index contributed by atoms with van der Waals surface area (Å²) in [7, 11) is 0. The van der Waals surface area contributed by atoms with Crippen LogP contribution in [0.5, 0.6) is 0 Å². The molecular formula is C14H17N5O. The highest BCUT2D eigenvalue weighted by Gasteiger charge is 2.18. The van der Waals surface area contributed by atoms with Crippen molar-refractivity contribution in [2.75, 3.05) is 0 Å². The summed E-state index contributed by atoms with van der Waals surface area (Å²) in [6.45, 7) is 4.78. The van der Waals surface area contributed by atoms with Crippen LogP contribution in [0.15, 0.2) is 28.7 Å². The third kappa shape index (κ3) is 2.30. The first-order chi connectivity index (χ1) is 9.79. The maximum Gasteiger partial charge on any atom is 0.188 e. The van der Waals surface area contributed by atoms with Gasteiger partial charge in [-0.1, -0.05) is 30.3 Å². The average molecular weight is 271 g/mol. The molecule has 2 N–H and O–H groups in total. The molecule has 3 rings (SSSR count). The van der Waals surface area contributed by atoms with Crippen LogP contribution in [0.3, 0.4) is 0 Å². The summed E-state index contributed by atoms with van der Waals surface area (Å²) in [6.07, 6.45) is 0.945. The van der Waals surface area contributed by atoms with Crippen LogP contribution in [0.2, 0.25) is 0 Å². The van der Waals surface area contributed by atoms with Gasteiger partial charge in [0.15, 0.2) is 5.82 Å². The fourth-order valence-electron chi connectivity index (χ4n) is 2.43. The Labute approximate surface area is 116 Å². The molecule has 0 aliphatic carbocycles. The molecule has 6 heteroatoms. The summed E-state index contributed by atoms with van der Waals surface area (Å²) in [6, 6.07) is 8.23. The van der Waals surface area contributed by atoms with E-state index in [1.807, 2.05) is 18.2 Å². The van der Waals surface area contributed by atoms with Crippen molar-refractivity contribution in [1.82, 2.24) is 25.9 Å². The number of furan rings is 1. The smallest absolute Gasteiger partial charge is 0.188 e. The molecule has 1 atom stereocenters. The van der Waals surface area contributed by atoms with E-state index >= 15 is 0 Å². The molecule has 0 bridgehead atoms. The number of benzene rings is 1. The molecule has 0 saturated heterocycles. The van der Waals surface area contributed by atoms with Crippen LogP contribution >= 0.6 is 0 Å². The van der Waals surface area contributed by atoms with Crippen molar-refractivity contribution in [2.45, 2.75) is 32.9 Å². The topological polar surface area (TPSA) is 79.6 Å². The molecule has 0 spiro atoms. The summed E-state index contributed by atoms with van der Waals surface area (Å²) in [5.41, 5.74) is 2.20. The Morgan fingerprint density at radius 3 is 2.95 bits per heavy atom. The van der Waals surface area contributed by atoms with E-state index in [0.29, 0.717) is 12.4 Å². The molecular weight excluding hydrogens is 254 g/mol. The van der Waals surface area contributed by atoms with Crippen LogP contribution in [-0.2, 0) is 13.0 Å². The first-order valence-electron chi connectivity index (χ1n) is 6.75. The van der Waals surface area contributed by atoms with Crippen LogP contribution in [0.4, 0.5) is 0 Å². The second kappa shape index (κ2) is 5.42. The number of tetrazole rings is 1.